The molecule has 0 amide bonds. The fourth-order valence-corrected chi connectivity index (χ4v) is 1.86. The van der Waals surface area contributed by atoms with Crippen LogP contribution in [0.4, 0.5) is 21.8 Å². The number of hydrogen-bond acceptors (Lipinski definition) is 5. The summed E-state index contributed by atoms with van der Waals surface area (Å²) in [5.74, 6) is 0.875. The first-order valence-electron chi connectivity index (χ1n) is 6.80. The van der Waals surface area contributed by atoms with Gasteiger partial charge in [-0.15, -0.1) is 0 Å². The van der Waals surface area contributed by atoms with Crippen LogP contribution in [0.25, 0.3) is 0 Å². The average Bonchev–Trinajstić information content (AvgIpc) is 2.53. The highest BCUT2D eigenvalue weighted by molar-refractivity contribution is 5.62. The second-order valence-electron chi connectivity index (χ2n) is 4.55. The van der Waals surface area contributed by atoms with Gasteiger partial charge >= 0.3 is 0 Å². The van der Waals surface area contributed by atoms with E-state index in [9.17, 15) is 4.39 Å². The molecule has 112 valence electrons. The molecular weight excluding hydrogens is 271 g/mol. The van der Waals surface area contributed by atoms with E-state index in [1.807, 2.05) is 31.2 Å². The second kappa shape index (κ2) is 6.88. The van der Waals surface area contributed by atoms with Crippen molar-refractivity contribution in [3.05, 3.63) is 36.3 Å². The summed E-state index contributed by atoms with van der Waals surface area (Å²) in [5.41, 5.74) is 0.786. The van der Waals surface area contributed by atoms with Crippen LogP contribution in [0.1, 0.15) is 13.3 Å². The molecule has 0 atom stereocenters. The van der Waals surface area contributed by atoms with Crippen LogP contribution in [0.15, 0.2) is 30.5 Å². The SMILES string of the molecule is CCCNc1ncc(F)c(N(C)c2cccc(OC)c2)n1. The summed E-state index contributed by atoms with van der Waals surface area (Å²) < 4.78 is 19.2. The maximum atomic E-state index is 14.0. The number of aromatic nitrogens is 2. The largest absolute Gasteiger partial charge is 0.497 e. The Bertz CT molecular complexity index is 606. The lowest BCUT2D eigenvalue weighted by atomic mass is 10.2. The summed E-state index contributed by atoms with van der Waals surface area (Å²) in [6.45, 7) is 2.79. The standard InChI is InChI=1S/C15H19FN4O/c1-4-8-17-15-18-10-13(16)14(19-15)20(2)11-6-5-7-12(9-11)21-3/h5-7,9-10H,4,8H2,1-3H3,(H,17,18,19). The van der Waals surface area contributed by atoms with E-state index in [1.165, 1.54) is 6.20 Å². The van der Waals surface area contributed by atoms with Gasteiger partial charge in [0.05, 0.1) is 13.3 Å². The van der Waals surface area contributed by atoms with Gasteiger partial charge < -0.3 is 15.0 Å². The summed E-state index contributed by atoms with van der Waals surface area (Å²) >= 11 is 0. The van der Waals surface area contributed by atoms with E-state index in [-0.39, 0.29) is 5.82 Å². The Morgan fingerprint density at radius 1 is 1.38 bits per heavy atom. The summed E-state index contributed by atoms with van der Waals surface area (Å²) in [6, 6.07) is 7.37. The molecular formula is C15H19FN4O. The minimum Gasteiger partial charge on any atom is -0.497 e. The molecule has 0 spiro atoms. The number of ether oxygens (including phenoxy) is 1. The van der Waals surface area contributed by atoms with Crippen LogP contribution in [0.3, 0.4) is 0 Å². The van der Waals surface area contributed by atoms with Crippen LogP contribution in [0.2, 0.25) is 0 Å². The molecule has 5 nitrogen and oxygen atoms in total. The maximum Gasteiger partial charge on any atom is 0.224 e. The molecule has 1 aromatic heterocycles. The first kappa shape index (κ1) is 15.0. The quantitative estimate of drug-likeness (QED) is 0.885. The zero-order valence-electron chi connectivity index (χ0n) is 12.4. The van der Waals surface area contributed by atoms with Crippen LogP contribution < -0.4 is 15.0 Å². The van der Waals surface area contributed by atoms with Crippen LogP contribution in [0, 0.1) is 5.82 Å². The van der Waals surface area contributed by atoms with Gasteiger partial charge in [0.15, 0.2) is 11.6 Å². The number of nitrogens with one attached hydrogen (secondary N) is 1. The van der Waals surface area contributed by atoms with Crippen molar-refractivity contribution in [3.63, 3.8) is 0 Å². The predicted octanol–water partition coefficient (Wildman–Crippen LogP) is 3.21. The molecule has 21 heavy (non-hydrogen) atoms. The fraction of sp³-hybridized carbons (Fsp3) is 0.333. The summed E-state index contributed by atoms with van der Waals surface area (Å²) in [4.78, 5) is 9.83. The number of rotatable bonds is 6. The van der Waals surface area contributed by atoms with Gasteiger partial charge in [0.1, 0.15) is 5.75 Å². The fourth-order valence-electron chi connectivity index (χ4n) is 1.86. The first-order chi connectivity index (χ1) is 10.2. The highest BCUT2D eigenvalue weighted by Crippen LogP contribution is 2.27. The number of nitrogens with zero attached hydrogens (tertiary/aromatic N) is 3. The lowest BCUT2D eigenvalue weighted by molar-refractivity contribution is 0.415. The third-order valence-electron chi connectivity index (χ3n) is 3.02. The monoisotopic (exact) mass is 290 g/mol. The molecule has 0 aliphatic rings. The van der Waals surface area contributed by atoms with Crippen molar-refractivity contribution in [2.45, 2.75) is 13.3 Å². The lowest BCUT2D eigenvalue weighted by Crippen LogP contribution is -2.15. The molecule has 2 rings (SSSR count). The van der Waals surface area contributed by atoms with E-state index in [2.05, 4.69) is 15.3 Å². The summed E-state index contributed by atoms with van der Waals surface area (Å²) in [7, 11) is 3.35. The Kier molecular flexibility index (Phi) is 4.92. The average molecular weight is 290 g/mol. The Morgan fingerprint density at radius 2 is 2.19 bits per heavy atom. The Morgan fingerprint density at radius 3 is 2.90 bits per heavy atom. The maximum absolute atomic E-state index is 14.0. The second-order valence-corrected chi connectivity index (χ2v) is 4.55. The van der Waals surface area contributed by atoms with Gasteiger partial charge in [0, 0.05) is 25.3 Å². The predicted molar refractivity (Wildman–Crippen MR) is 81.8 cm³/mol. The van der Waals surface area contributed by atoms with Crippen LogP contribution in [0.5, 0.6) is 5.75 Å². The molecule has 0 unspecified atom stereocenters. The molecule has 0 radical (unpaired) electrons. The van der Waals surface area contributed by atoms with E-state index in [0.29, 0.717) is 11.7 Å². The van der Waals surface area contributed by atoms with Gasteiger partial charge in [0.25, 0.3) is 0 Å². The van der Waals surface area contributed by atoms with Gasteiger partial charge in [-0.1, -0.05) is 13.0 Å². The molecule has 6 heteroatoms. The number of benzene rings is 1. The highest BCUT2D eigenvalue weighted by atomic mass is 19.1. The third-order valence-corrected chi connectivity index (χ3v) is 3.02. The van der Waals surface area contributed by atoms with Crippen LogP contribution in [-0.2, 0) is 0 Å². The highest BCUT2D eigenvalue weighted by Gasteiger charge is 2.13. The smallest absolute Gasteiger partial charge is 0.224 e. The van der Waals surface area contributed by atoms with Crippen molar-refractivity contribution < 1.29 is 9.13 Å². The van der Waals surface area contributed by atoms with Crippen molar-refractivity contribution in [3.8, 4) is 5.75 Å². The number of anilines is 3. The molecule has 1 heterocycles. The molecule has 0 aliphatic carbocycles. The molecule has 2 aromatic rings. The van der Waals surface area contributed by atoms with Gasteiger partial charge in [0.2, 0.25) is 5.95 Å². The van der Waals surface area contributed by atoms with Crippen molar-refractivity contribution >= 4 is 17.5 Å². The van der Waals surface area contributed by atoms with Gasteiger partial charge in [-0.2, -0.15) is 4.98 Å². The molecule has 0 aliphatic heterocycles. The Labute approximate surface area is 123 Å². The zero-order valence-corrected chi connectivity index (χ0v) is 12.4. The van der Waals surface area contributed by atoms with Crippen molar-refractivity contribution in [2.75, 3.05) is 30.9 Å². The molecule has 1 N–H and O–H groups in total. The molecule has 0 bridgehead atoms. The lowest BCUT2D eigenvalue weighted by Gasteiger charge is -2.20. The van der Waals surface area contributed by atoms with Crippen LogP contribution in [-0.4, -0.2) is 30.7 Å². The molecule has 0 saturated carbocycles. The van der Waals surface area contributed by atoms with Gasteiger partial charge in [-0.3, -0.25) is 0 Å². The number of methoxy groups -OCH3 is 1. The minimum absolute atomic E-state index is 0.219. The van der Waals surface area contributed by atoms with Gasteiger partial charge in [-0.05, 0) is 18.6 Å². The van der Waals surface area contributed by atoms with Crippen molar-refractivity contribution in [1.29, 1.82) is 0 Å². The Balaban J connectivity index is 2.30. The third kappa shape index (κ3) is 3.59. The topological polar surface area (TPSA) is 50.3 Å². The number of halogens is 1. The van der Waals surface area contributed by atoms with E-state index in [4.69, 9.17) is 4.74 Å². The first-order valence-corrected chi connectivity index (χ1v) is 6.80. The van der Waals surface area contributed by atoms with Crippen LogP contribution >= 0.6 is 0 Å². The Hall–Kier alpha value is -2.37. The van der Waals surface area contributed by atoms with E-state index < -0.39 is 5.82 Å². The molecule has 0 saturated heterocycles. The van der Waals surface area contributed by atoms with E-state index >= 15 is 0 Å². The van der Waals surface area contributed by atoms with E-state index in [1.54, 1.807) is 19.1 Å². The minimum atomic E-state index is -0.470. The van der Waals surface area contributed by atoms with Crippen molar-refractivity contribution in [2.24, 2.45) is 0 Å². The summed E-state index contributed by atoms with van der Waals surface area (Å²) in [6.07, 6.45) is 2.12. The van der Waals surface area contributed by atoms with Gasteiger partial charge in [-0.25, -0.2) is 9.37 Å². The molecule has 1 aromatic carbocycles. The number of hydrogen-bond donors (Lipinski definition) is 1. The summed E-state index contributed by atoms with van der Waals surface area (Å²) in [5, 5.41) is 3.05. The van der Waals surface area contributed by atoms with Crippen molar-refractivity contribution in [1.82, 2.24) is 9.97 Å². The normalized spacial score (nSPS) is 10.3. The molecule has 0 fully saturated rings. The van der Waals surface area contributed by atoms with E-state index in [0.717, 1.165) is 18.7 Å². The zero-order chi connectivity index (χ0) is 15.2.